The number of aryl methyl sites for hydroxylation is 1. The number of nitrogens with zero attached hydrogens (tertiary/aromatic N) is 2. The summed E-state index contributed by atoms with van der Waals surface area (Å²) in [5.41, 5.74) is 3.57. The molecule has 1 heterocycles. The molecule has 4 heteroatoms. The largest absolute Gasteiger partial charge is 0.497 e. The summed E-state index contributed by atoms with van der Waals surface area (Å²) in [5.74, 6) is 0.883. The van der Waals surface area contributed by atoms with Crippen LogP contribution >= 0.6 is 0 Å². The second-order valence-corrected chi connectivity index (χ2v) is 4.79. The lowest BCUT2D eigenvalue weighted by atomic mass is 9.96. The van der Waals surface area contributed by atoms with Crippen LogP contribution < -0.4 is 10.1 Å². The third-order valence-electron chi connectivity index (χ3n) is 3.33. The molecule has 4 nitrogen and oxygen atoms in total. The molecule has 1 atom stereocenters. The van der Waals surface area contributed by atoms with Crippen LogP contribution in [-0.4, -0.2) is 23.9 Å². The molecule has 0 aliphatic rings. The molecule has 0 fully saturated rings. The molecule has 1 N–H and O–H groups in total. The molecule has 2 rings (SSSR count). The number of hydrogen-bond acceptors (Lipinski definition) is 4. The summed E-state index contributed by atoms with van der Waals surface area (Å²) in [7, 11) is 1.69. The summed E-state index contributed by atoms with van der Waals surface area (Å²) in [6.07, 6.45) is 4.63. The first-order valence-corrected chi connectivity index (χ1v) is 6.90. The van der Waals surface area contributed by atoms with Crippen molar-refractivity contribution in [2.75, 3.05) is 13.7 Å². The van der Waals surface area contributed by atoms with Gasteiger partial charge in [-0.3, -0.25) is 0 Å². The van der Waals surface area contributed by atoms with E-state index in [4.69, 9.17) is 4.74 Å². The monoisotopic (exact) mass is 271 g/mol. The van der Waals surface area contributed by atoms with E-state index in [-0.39, 0.29) is 6.04 Å². The number of hydrogen-bond donors (Lipinski definition) is 1. The van der Waals surface area contributed by atoms with Crippen LogP contribution in [0.2, 0.25) is 0 Å². The highest BCUT2D eigenvalue weighted by Gasteiger charge is 2.16. The van der Waals surface area contributed by atoms with Crippen molar-refractivity contribution in [3.05, 3.63) is 53.3 Å². The third kappa shape index (κ3) is 3.33. The Morgan fingerprint density at radius 3 is 2.70 bits per heavy atom. The molecule has 106 valence electrons. The van der Waals surface area contributed by atoms with Gasteiger partial charge in [0.2, 0.25) is 0 Å². The maximum Gasteiger partial charge on any atom is 0.119 e. The first-order chi connectivity index (χ1) is 9.76. The zero-order valence-electron chi connectivity index (χ0n) is 12.3. The molecule has 0 aliphatic heterocycles. The summed E-state index contributed by atoms with van der Waals surface area (Å²) in [4.78, 5) is 0. The molecule has 0 aliphatic carbocycles. The second kappa shape index (κ2) is 7.01. The minimum Gasteiger partial charge on any atom is -0.497 e. The number of rotatable bonds is 6. The molecule has 0 spiro atoms. The predicted octanol–water partition coefficient (Wildman–Crippen LogP) is 2.88. The SMILES string of the molecule is CCCNC(c1ccnnc1)c1ccc(OC)cc1C. The van der Waals surface area contributed by atoms with Crippen LogP contribution in [0.15, 0.2) is 36.7 Å². The highest BCUT2D eigenvalue weighted by molar-refractivity contribution is 5.40. The molecule has 2 aromatic rings. The Morgan fingerprint density at radius 1 is 1.25 bits per heavy atom. The van der Waals surface area contributed by atoms with Crippen molar-refractivity contribution in [2.45, 2.75) is 26.3 Å². The molecular formula is C16H21N3O. The van der Waals surface area contributed by atoms with Gasteiger partial charge in [-0.05, 0) is 54.8 Å². The second-order valence-electron chi connectivity index (χ2n) is 4.79. The van der Waals surface area contributed by atoms with Crippen LogP contribution in [0.25, 0.3) is 0 Å². The van der Waals surface area contributed by atoms with Gasteiger partial charge < -0.3 is 10.1 Å². The van der Waals surface area contributed by atoms with E-state index in [0.717, 1.165) is 24.3 Å². The van der Waals surface area contributed by atoms with Crippen LogP contribution in [0.5, 0.6) is 5.75 Å². The first-order valence-electron chi connectivity index (χ1n) is 6.90. The smallest absolute Gasteiger partial charge is 0.119 e. The van der Waals surface area contributed by atoms with Crippen molar-refractivity contribution in [1.82, 2.24) is 15.5 Å². The lowest BCUT2D eigenvalue weighted by Gasteiger charge is -2.21. The Bertz CT molecular complexity index is 543. The number of benzene rings is 1. The average molecular weight is 271 g/mol. The number of methoxy groups -OCH3 is 1. The zero-order valence-corrected chi connectivity index (χ0v) is 12.3. The van der Waals surface area contributed by atoms with E-state index in [1.165, 1.54) is 11.1 Å². The third-order valence-corrected chi connectivity index (χ3v) is 3.33. The Hall–Kier alpha value is -1.94. The van der Waals surface area contributed by atoms with Gasteiger partial charge >= 0.3 is 0 Å². The van der Waals surface area contributed by atoms with E-state index in [2.05, 4.69) is 41.5 Å². The van der Waals surface area contributed by atoms with Gasteiger partial charge in [0.05, 0.1) is 19.3 Å². The molecule has 0 amide bonds. The minimum absolute atomic E-state index is 0.136. The van der Waals surface area contributed by atoms with E-state index >= 15 is 0 Å². The van der Waals surface area contributed by atoms with Gasteiger partial charge in [-0.25, -0.2) is 0 Å². The molecule has 0 saturated carbocycles. The molecule has 20 heavy (non-hydrogen) atoms. The van der Waals surface area contributed by atoms with E-state index in [1.54, 1.807) is 13.3 Å². The summed E-state index contributed by atoms with van der Waals surface area (Å²) < 4.78 is 5.27. The quantitative estimate of drug-likeness (QED) is 0.877. The minimum atomic E-state index is 0.136. The number of aromatic nitrogens is 2. The molecular weight excluding hydrogens is 250 g/mol. The van der Waals surface area contributed by atoms with Crippen molar-refractivity contribution in [1.29, 1.82) is 0 Å². The van der Waals surface area contributed by atoms with Gasteiger partial charge in [0.15, 0.2) is 0 Å². The van der Waals surface area contributed by atoms with Crippen LogP contribution in [-0.2, 0) is 0 Å². The van der Waals surface area contributed by atoms with Crippen molar-refractivity contribution in [3.8, 4) is 5.75 Å². The Morgan fingerprint density at radius 2 is 2.10 bits per heavy atom. The number of ether oxygens (including phenoxy) is 1. The fraction of sp³-hybridized carbons (Fsp3) is 0.375. The summed E-state index contributed by atoms with van der Waals surface area (Å²) in [6, 6.07) is 8.31. The molecule has 1 unspecified atom stereocenters. The van der Waals surface area contributed by atoms with Gasteiger partial charge in [0, 0.05) is 6.20 Å². The van der Waals surface area contributed by atoms with E-state index < -0.39 is 0 Å². The van der Waals surface area contributed by atoms with Gasteiger partial charge in [-0.2, -0.15) is 10.2 Å². The summed E-state index contributed by atoms with van der Waals surface area (Å²) in [6.45, 7) is 5.22. The van der Waals surface area contributed by atoms with Crippen LogP contribution in [0.3, 0.4) is 0 Å². The first kappa shape index (κ1) is 14.5. The van der Waals surface area contributed by atoms with E-state index in [1.807, 2.05) is 18.3 Å². The van der Waals surface area contributed by atoms with Gasteiger partial charge in [-0.15, -0.1) is 0 Å². The standard InChI is InChI=1S/C16H21N3O/c1-4-8-17-16(13-7-9-18-19-11-13)15-6-5-14(20-3)10-12(15)2/h5-7,9-11,16-17H,4,8H2,1-3H3. The predicted molar refractivity (Wildman–Crippen MR) is 79.9 cm³/mol. The van der Waals surface area contributed by atoms with E-state index in [9.17, 15) is 0 Å². The van der Waals surface area contributed by atoms with Crippen molar-refractivity contribution >= 4 is 0 Å². The Labute approximate surface area is 120 Å². The van der Waals surface area contributed by atoms with Gasteiger partial charge in [-0.1, -0.05) is 13.0 Å². The van der Waals surface area contributed by atoms with Crippen molar-refractivity contribution in [3.63, 3.8) is 0 Å². The van der Waals surface area contributed by atoms with E-state index in [0.29, 0.717) is 0 Å². The summed E-state index contributed by atoms with van der Waals surface area (Å²) in [5, 5.41) is 11.4. The van der Waals surface area contributed by atoms with Gasteiger partial charge in [0.25, 0.3) is 0 Å². The summed E-state index contributed by atoms with van der Waals surface area (Å²) >= 11 is 0. The highest BCUT2D eigenvalue weighted by Crippen LogP contribution is 2.27. The fourth-order valence-corrected chi connectivity index (χ4v) is 2.27. The normalized spacial score (nSPS) is 12.2. The average Bonchev–Trinajstić information content (AvgIpc) is 2.50. The van der Waals surface area contributed by atoms with Crippen molar-refractivity contribution < 1.29 is 4.74 Å². The highest BCUT2D eigenvalue weighted by atomic mass is 16.5. The lowest BCUT2D eigenvalue weighted by Crippen LogP contribution is -2.24. The Kier molecular flexibility index (Phi) is 5.07. The van der Waals surface area contributed by atoms with Crippen LogP contribution in [0, 0.1) is 6.92 Å². The van der Waals surface area contributed by atoms with Crippen LogP contribution in [0.4, 0.5) is 0 Å². The maximum absolute atomic E-state index is 5.27. The molecule has 1 aromatic heterocycles. The van der Waals surface area contributed by atoms with Crippen molar-refractivity contribution in [2.24, 2.45) is 0 Å². The molecule has 0 radical (unpaired) electrons. The fourth-order valence-electron chi connectivity index (χ4n) is 2.27. The number of nitrogens with one attached hydrogen (secondary N) is 1. The Balaban J connectivity index is 2.36. The van der Waals surface area contributed by atoms with Crippen LogP contribution in [0.1, 0.15) is 36.1 Å². The van der Waals surface area contributed by atoms with Gasteiger partial charge in [0.1, 0.15) is 5.75 Å². The molecule has 0 saturated heterocycles. The molecule has 1 aromatic carbocycles. The molecule has 0 bridgehead atoms. The maximum atomic E-state index is 5.27. The zero-order chi connectivity index (χ0) is 14.4. The lowest BCUT2D eigenvalue weighted by molar-refractivity contribution is 0.414. The topological polar surface area (TPSA) is 47.0 Å².